The third-order valence-electron chi connectivity index (χ3n) is 6.46. The van der Waals surface area contributed by atoms with Crippen molar-refractivity contribution in [2.75, 3.05) is 10.2 Å². The molecule has 0 radical (unpaired) electrons. The molecule has 8 heteroatoms. The van der Waals surface area contributed by atoms with Gasteiger partial charge in [0, 0.05) is 22.5 Å². The topological polar surface area (TPSA) is 86.7 Å². The van der Waals surface area contributed by atoms with E-state index in [0.717, 1.165) is 36.1 Å². The summed E-state index contributed by atoms with van der Waals surface area (Å²) in [6, 6.07) is 12.6. The number of carbonyl (C=O) groups is 3. The van der Waals surface area contributed by atoms with Crippen molar-refractivity contribution in [2.45, 2.75) is 52.5 Å². The maximum absolute atomic E-state index is 13.5. The number of amides is 2. The van der Waals surface area contributed by atoms with Crippen molar-refractivity contribution in [1.82, 2.24) is 0 Å². The lowest BCUT2D eigenvalue weighted by atomic mass is 9.82. The molecule has 1 fully saturated rings. The van der Waals surface area contributed by atoms with Gasteiger partial charge in [-0.05, 0) is 80.7 Å². The minimum absolute atomic E-state index is 0.0189. The Morgan fingerprint density at radius 3 is 2.31 bits per heavy atom. The molecule has 1 saturated carbocycles. The van der Waals surface area contributed by atoms with Gasteiger partial charge < -0.3 is 15.3 Å². The smallest absolute Gasteiger partial charge is 0.348 e. The molecular formula is C27H30N2O4S2. The second-order valence-corrected chi connectivity index (χ2v) is 11.4. The molecule has 0 unspecified atom stereocenters. The molecule has 1 aliphatic rings. The lowest BCUT2D eigenvalue weighted by Crippen LogP contribution is -2.42. The average Bonchev–Trinajstić information content (AvgIpc) is 3.51. The molecular weight excluding hydrogens is 480 g/mol. The molecule has 2 heterocycles. The monoisotopic (exact) mass is 510 g/mol. The predicted molar refractivity (Wildman–Crippen MR) is 143 cm³/mol. The van der Waals surface area contributed by atoms with Crippen LogP contribution in [0.4, 0.5) is 11.4 Å². The van der Waals surface area contributed by atoms with Crippen LogP contribution in [0.2, 0.25) is 0 Å². The number of carboxylic acid groups (broad SMARTS) is 1. The Hall–Kier alpha value is -2.97. The molecule has 0 bridgehead atoms. The van der Waals surface area contributed by atoms with Crippen molar-refractivity contribution in [3.8, 4) is 10.4 Å². The van der Waals surface area contributed by atoms with E-state index in [1.165, 1.54) is 22.7 Å². The summed E-state index contributed by atoms with van der Waals surface area (Å²) < 4.78 is 0. The molecule has 1 aliphatic carbocycles. The molecule has 3 aromatic rings. The second-order valence-electron chi connectivity index (χ2n) is 9.40. The number of rotatable bonds is 7. The molecule has 0 atom stereocenters. The zero-order valence-electron chi connectivity index (χ0n) is 20.1. The van der Waals surface area contributed by atoms with Crippen LogP contribution in [-0.4, -0.2) is 28.9 Å². The summed E-state index contributed by atoms with van der Waals surface area (Å²) in [7, 11) is 0. The molecule has 1 aromatic carbocycles. The standard InChI is InChI=1S/C27H30N2O4S2/c1-16(2)29(26(31)19-8-6-17(3)7-9-19)21-15-23(35-24(21)27(32)33)18-10-12-20(13-11-18)28-25(30)22-5-4-14-34-22/h4-5,10-17,19H,6-9H2,1-3H3,(H,28,30)(H,32,33)/t17-,19-. The molecule has 184 valence electrons. The van der Waals surface area contributed by atoms with E-state index in [1.807, 2.05) is 43.5 Å². The van der Waals surface area contributed by atoms with Crippen molar-refractivity contribution < 1.29 is 19.5 Å². The van der Waals surface area contributed by atoms with Crippen LogP contribution in [-0.2, 0) is 4.79 Å². The van der Waals surface area contributed by atoms with Crippen LogP contribution in [0.15, 0.2) is 47.8 Å². The van der Waals surface area contributed by atoms with Gasteiger partial charge in [0.1, 0.15) is 4.88 Å². The van der Waals surface area contributed by atoms with Crippen LogP contribution >= 0.6 is 22.7 Å². The van der Waals surface area contributed by atoms with Gasteiger partial charge in [0.25, 0.3) is 5.91 Å². The molecule has 0 spiro atoms. The number of nitrogens with zero attached hydrogens (tertiary/aromatic N) is 1. The number of anilines is 2. The van der Waals surface area contributed by atoms with Crippen molar-refractivity contribution in [3.63, 3.8) is 0 Å². The summed E-state index contributed by atoms with van der Waals surface area (Å²) >= 11 is 2.55. The number of carboxylic acids is 1. The van der Waals surface area contributed by atoms with E-state index in [4.69, 9.17) is 0 Å². The highest BCUT2D eigenvalue weighted by Crippen LogP contribution is 2.40. The fraction of sp³-hybridized carbons (Fsp3) is 0.370. The third kappa shape index (κ3) is 5.65. The molecule has 35 heavy (non-hydrogen) atoms. The van der Waals surface area contributed by atoms with Crippen LogP contribution in [0.25, 0.3) is 10.4 Å². The minimum Gasteiger partial charge on any atom is -0.477 e. The Morgan fingerprint density at radius 1 is 1.06 bits per heavy atom. The van der Waals surface area contributed by atoms with Crippen molar-refractivity contribution in [3.05, 3.63) is 57.6 Å². The first-order valence-corrected chi connectivity index (χ1v) is 13.6. The van der Waals surface area contributed by atoms with Crippen LogP contribution in [0, 0.1) is 11.8 Å². The van der Waals surface area contributed by atoms with Gasteiger partial charge in [-0.2, -0.15) is 0 Å². The van der Waals surface area contributed by atoms with Crippen molar-refractivity contribution in [1.29, 1.82) is 0 Å². The van der Waals surface area contributed by atoms with E-state index in [-0.39, 0.29) is 28.7 Å². The molecule has 4 rings (SSSR count). The fourth-order valence-electron chi connectivity index (χ4n) is 4.53. The van der Waals surface area contributed by atoms with Crippen molar-refractivity contribution >= 4 is 51.8 Å². The number of hydrogen-bond donors (Lipinski definition) is 2. The lowest BCUT2D eigenvalue weighted by Gasteiger charge is -2.33. The van der Waals surface area contributed by atoms with Gasteiger partial charge in [-0.15, -0.1) is 22.7 Å². The summed E-state index contributed by atoms with van der Waals surface area (Å²) in [6.07, 6.45) is 3.75. The number of hydrogen-bond acceptors (Lipinski definition) is 5. The average molecular weight is 511 g/mol. The van der Waals surface area contributed by atoms with Crippen molar-refractivity contribution in [2.24, 2.45) is 11.8 Å². The molecule has 0 aliphatic heterocycles. The summed E-state index contributed by atoms with van der Waals surface area (Å²) in [5.74, 6) is -0.614. The Balaban J connectivity index is 1.59. The highest BCUT2D eigenvalue weighted by atomic mass is 32.1. The van der Waals surface area contributed by atoms with Gasteiger partial charge in [0.05, 0.1) is 10.6 Å². The summed E-state index contributed by atoms with van der Waals surface area (Å²) in [6.45, 7) is 6.07. The predicted octanol–water partition coefficient (Wildman–Crippen LogP) is 6.99. The molecule has 2 aromatic heterocycles. The van der Waals surface area contributed by atoms with E-state index >= 15 is 0 Å². The SMILES string of the molecule is CC(C)N(c1cc(-c2ccc(NC(=O)c3cccs3)cc2)sc1C(=O)O)C(=O)[C@H]1CC[C@H](C)CC1. The van der Waals surface area contributed by atoms with Crippen LogP contribution < -0.4 is 10.2 Å². The first-order valence-electron chi connectivity index (χ1n) is 11.9. The second kappa shape index (κ2) is 10.7. The van der Waals surface area contributed by atoms with Gasteiger partial charge in [0.15, 0.2) is 0 Å². The number of carbonyl (C=O) groups excluding carboxylic acids is 2. The van der Waals surface area contributed by atoms with E-state index in [1.54, 1.807) is 23.1 Å². The number of aromatic carboxylic acids is 1. The third-order valence-corrected chi connectivity index (χ3v) is 8.49. The van der Waals surface area contributed by atoms with Gasteiger partial charge in [-0.1, -0.05) is 25.1 Å². The summed E-state index contributed by atoms with van der Waals surface area (Å²) in [4.78, 5) is 41.2. The Bertz CT molecular complexity index is 1190. The molecule has 6 nitrogen and oxygen atoms in total. The van der Waals surface area contributed by atoms with Gasteiger partial charge in [-0.25, -0.2) is 4.79 Å². The highest BCUT2D eigenvalue weighted by Gasteiger charge is 2.33. The normalized spacial score (nSPS) is 17.8. The number of benzene rings is 1. The Morgan fingerprint density at radius 2 is 1.74 bits per heavy atom. The summed E-state index contributed by atoms with van der Waals surface area (Å²) in [5.41, 5.74) is 1.96. The first kappa shape index (κ1) is 25.1. The first-order chi connectivity index (χ1) is 16.7. The zero-order chi connectivity index (χ0) is 25.1. The molecule has 2 N–H and O–H groups in total. The fourth-order valence-corrected chi connectivity index (χ4v) is 6.14. The Labute approximate surface area is 213 Å². The number of thiophene rings is 2. The largest absolute Gasteiger partial charge is 0.477 e. The summed E-state index contributed by atoms with van der Waals surface area (Å²) in [5, 5.41) is 14.7. The quantitative estimate of drug-likeness (QED) is 0.358. The highest BCUT2D eigenvalue weighted by molar-refractivity contribution is 7.18. The van der Waals surface area contributed by atoms with Crippen LogP contribution in [0.5, 0.6) is 0 Å². The maximum atomic E-state index is 13.5. The minimum atomic E-state index is -1.04. The number of nitrogens with one attached hydrogen (secondary N) is 1. The Kier molecular flexibility index (Phi) is 7.72. The zero-order valence-corrected chi connectivity index (χ0v) is 21.7. The van der Waals surface area contributed by atoms with Crippen LogP contribution in [0.1, 0.15) is 65.8 Å². The van der Waals surface area contributed by atoms with Gasteiger partial charge in [0.2, 0.25) is 5.91 Å². The van der Waals surface area contributed by atoms with Gasteiger partial charge in [-0.3, -0.25) is 9.59 Å². The molecule has 2 amide bonds. The molecule has 0 saturated heterocycles. The maximum Gasteiger partial charge on any atom is 0.348 e. The van der Waals surface area contributed by atoms with E-state index < -0.39 is 5.97 Å². The van der Waals surface area contributed by atoms with E-state index in [9.17, 15) is 19.5 Å². The van der Waals surface area contributed by atoms with E-state index in [2.05, 4.69) is 12.2 Å². The van der Waals surface area contributed by atoms with Crippen LogP contribution in [0.3, 0.4) is 0 Å². The van der Waals surface area contributed by atoms with Gasteiger partial charge >= 0.3 is 5.97 Å². The lowest BCUT2D eigenvalue weighted by molar-refractivity contribution is -0.123. The van der Waals surface area contributed by atoms with E-state index in [0.29, 0.717) is 22.2 Å².